The summed E-state index contributed by atoms with van der Waals surface area (Å²) in [6.45, 7) is 2.42. The molecule has 176 valence electrons. The number of benzene rings is 1. The molecule has 3 heterocycles. The number of anilines is 1. The fourth-order valence-electron chi connectivity index (χ4n) is 4.91. The van der Waals surface area contributed by atoms with Gasteiger partial charge in [0.2, 0.25) is 0 Å². The Morgan fingerprint density at radius 2 is 2.03 bits per heavy atom. The number of nitro groups is 1. The van der Waals surface area contributed by atoms with Crippen LogP contribution in [0.1, 0.15) is 25.7 Å². The molecule has 34 heavy (non-hydrogen) atoms. The van der Waals surface area contributed by atoms with Gasteiger partial charge in [0.15, 0.2) is 5.65 Å². The molecule has 10 nitrogen and oxygen atoms in total. The lowest BCUT2D eigenvalue weighted by Crippen LogP contribution is -2.30. The summed E-state index contributed by atoms with van der Waals surface area (Å²) in [5.41, 5.74) is 0.313. The largest absolute Gasteiger partial charge is 0.374 e. The average Bonchev–Trinajstić information content (AvgIpc) is 3.32. The van der Waals surface area contributed by atoms with E-state index < -0.39 is 14.9 Å². The highest BCUT2D eigenvalue weighted by Gasteiger charge is 2.55. The van der Waals surface area contributed by atoms with Gasteiger partial charge in [0, 0.05) is 37.2 Å². The normalized spacial score (nSPS) is 19.3. The van der Waals surface area contributed by atoms with Gasteiger partial charge in [-0.15, -0.1) is 0 Å². The fourth-order valence-corrected chi connectivity index (χ4v) is 6.23. The van der Waals surface area contributed by atoms with Crippen molar-refractivity contribution in [2.24, 2.45) is 5.41 Å². The molecule has 2 aromatic heterocycles. The third kappa shape index (κ3) is 3.78. The predicted octanol–water partition coefficient (Wildman–Crippen LogP) is 3.36. The molecule has 0 radical (unpaired) electrons. The molecule has 1 N–H and O–H groups in total. The molecule has 2 aliphatic rings. The third-order valence-electron chi connectivity index (χ3n) is 6.85. The Morgan fingerprint density at radius 1 is 1.26 bits per heavy atom. The number of likely N-dealkylation sites (tertiary alicyclic amines) is 1. The summed E-state index contributed by atoms with van der Waals surface area (Å²) in [4.78, 5) is 17.9. The molecule has 11 heteroatoms. The maximum absolute atomic E-state index is 13.2. The lowest BCUT2D eigenvalue weighted by Gasteiger charge is -2.20. The number of nitrogens with zero attached hydrogens (tertiary/aromatic N) is 5. The van der Waals surface area contributed by atoms with Crippen LogP contribution in [0.3, 0.4) is 0 Å². The summed E-state index contributed by atoms with van der Waals surface area (Å²) in [5.74, 6) is 0. The topological polar surface area (TPSA) is 134 Å². The predicted molar refractivity (Wildman–Crippen MR) is 126 cm³/mol. The second kappa shape index (κ2) is 8.38. The van der Waals surface area contributed by atoms with Crippen LogP contribution in [0.5, 0.6) is 0 Å². The Balaban J connectivity index is 1.52. The zero-order valence-corrected chi connectivity index (χ0v) is 19.2. The van der Waals surface area contributed by atoms with E-state index in [4.69, 9.17) is 5.26 Å². The minimum atomic E-state index is -3.91. The van der Waals surface area contributed by atoms with Crippen LogP contribution in [0, 0.1) is 26.9 Å². The van der Waals surface area contributed by atoms with E-state index in [1.54, 1.807) is 24.3 Å². The van der Waals surface area contributed by atoms with E-state index in [-0.39, 0.29) is 27.7 Å². The maximum atomic E-state index is 13.2. The van der Waals surface area contributed by atoms with Gasteiger partial charge in [-0.3, -0.25) is 10.1 Å². The Labute approximate surface area is 197 Å². The molecule has 1 saturated carbocycles. The van der Waals surface area contributed by atoms with Crippen LogP contribution in [-0.4, -0.2) is 52.9 Å². The van der Waals surface area contributed by atoms with Crippen LogP contribution in [-0.2, 0) is 10.0 Å². The molecule has 1 aliphatic heterocycles. The Hall–Kier alpha value is -3.49. The molecular weight excluding hydrogens is 456 g/mol. The molecule has 0 unspecified atom stereocenters. The van der Waals surface area contributed by atoms with E-state index in [9.17, 15) is 18.5 Å². The number of hydrogen-bond acceptors (Lipinski definition) is 8. The summed E-state index contributed by atoms with van der Waals surface area (Å²) in [6.07, 6.45) is 5.88. The average molecular weight is 481 g/mol. The highest BCUT2D eigenvalue weighted by molar-refractivity contribution is 7.90. The third-order valence-corrected chi connectivity index (χ3v) is 8.53. The fraction of sp³-hybridized carbons (Fsp3) is 0.391. The maximum Gasteiger partial charge on any atom is 0.311 e. The van der Waals surface area contributed by atoms with E-state index in [2.05, 4.69) is 21.3 Å². The van der Waals surface area contributed by atoms with Gasteiger partial charge in [0.05, 0.1) is 21.3 Å². The van der Waals surface area contributed by atoms with E-state index in [1.807, 2.05) is 0 Å². The number of hydrogen-bond donors (Lipinski definition) is 1. The van der Waals surface area contributed by atoms with Crippen molar-refractivity contribution in [1.82, 2.24) is 13.9 Å². The summed E-state index contributed by atoms with van der Waals surface area (Å²) >= 11 is 0. The van der Waals surface area contributed by atoms with Gasteiger partial charge < -0.3 is 10.2 Å². The number of nitrogens with one attached hydrogen (secondary N) is 1. The number of fused-ring (bicyclic) bond motifs is 1. The Bertz CT molecular complexity index is 1390. The first-order chi connectivity index (χ1) is 16.4. The van der Waals surface area contributed by atoms with Crippen molar-refractivity contribution < 1.29 is 13.3 Å². The number of unbranched alkanes of at least 4 members (excludes halogenated alkanes) is 1. The molecule has 5 rings (SSSR count). The second-order valence-corrected chi connectivity index (χ2v) is 10.8. The first-order valence-electron chi connectivity index (χ1n) is 11.2. The highest BCUT2D eigenvalue weighted by Crippen LogP contribution is 2.54. The van der Waals surface area contributed by atoms with Crippen molar-refractivity contribution in [3.05, 3.63) is 58.9 Å². The molecule has 1 spiro atoms. The van der Waals surface area contributed by atoms with Gasteiger partial charge in [-0.2, -0.15) is 5.26 Å². The van der Waals surface area contributed by atoms with Crippen molar-refractivity contribution in [3.8, 4) is 6.07 Å². The molecule has 0 amide bonds. The van der Waals surface area contributed by atoms with E-state index >= 15 is 0 Å². The lowest BCUT2D eigenvalue weighted by molar-refractivity contribution is -0.384. The molecule has 3 aromatic rings. The van der Waals surface area contributed by atoms with Crippen molar-refractivity contribution in [2.45, 2.75) is 36.6 Å². The molecule has 1 aromatic carbocycles. The molecule has 1 atom stereocenters. The van der Waals surface area contributed by atoms with Gasteiger partial charge in [0.1, 0.15) is 11.9 Å². The zero-order valence-electron chi connectivity index (χ0n) is 18.4. The van der Waals surface area contributed by atoms with Crippen LogP contribution < -0.4 is 5.32 Å². The monoisotopic (exact) mass is 480 g/mol. The van der Waals surface area contributed by atoms with E-state index in [1.165, 1.54) is 18.3 Å². The summed E-state index contributed by atoms with van der Waals surface area (Å²) in [5, 5.41) is 24.5. The van der Waals surface area contributed by atoms with Crippen molar-refractivity contribution in [2.75, 3.05) is 25.0 Å². The minimum Gasteiger partial charge on any atom is -0.374 e. The Kier molecular flexibility index (Phi) is 5.50. The standard InChI is InChI=1S/C23H24N6O4S/c24-11-4-5-12-27-15-20(23(16-27)9-10-23)26-21-18-8-13-28(22(18)25-14-19(21)29(30)31)34(32,33)17-6-2-1-3-7-17/h1-3,6-8,13-14,20H,4-5,9-10,12,15-16H2,(H,25,26)/t20-/m1/s1. The van der Waals surface area contributed by atoms with Crippen LogP contribution in [0.2, 0.25) is 0 Å². The smallest absolute Gasteiger partial charge is 0.311 e. The van der Waals surface area contributed by atoms with Gasteiger partial charge >= 0.3 is 5.69 Å². The van der Waals surface area contributed by atoms with Crippen LogP contribution in [0.25, 0.3) is 11.0 Å². The number of nitriles is 1. The van der Waals surface area contributed by atoms with E-state index in [0.29, 0.717) is 17.5 Å². The van der Waals surface area contributed by atoms with Crippen LogP contribution in [0.15, 0.2) is 53.7 Å². The summed E-state index contributed by atoms with van der Waals surface area (Å²) in [6, 6.07) is 11.7. The molecular formula is C23H24N6O4S. The molecule has 1 saturated heterocycles. The van der Waals surface area contributed by atoms with Crippen molar-refractivity contribution in [1.29, 1.82) is 5.26 Å². The summed E-state index contributed by atoms with van der Waals surface area (Å²) in [7, 11) is -3.91. The van der Waals surface area contributed by atoms with Gasteiger partial charge in [-0.05, 0) is 44.0 Å². The second-order valence-electron chi connectivity index (χ2n) is 9.00. The highest BCUT2D eigenvalue weighted by atomic mass is 32.2. The SMILES string of the molecule is N#CCCCN1C[C@@H](Nc2c([N+](=O)[O-])cnc3c2ccn3S(=O)(=O)c2ccccc2)C2(CC2)C1. The lowest BCUT2D eigenvalue weighted by atomic mass is 10.00. The minimum absolute atomic E-state index is 0.00651. The quantitative estimate of drug-likeness (QED) is 0.295. The first kappa shape index (κ1) is 22.3. The first-order valence-corrected chi connectivity index (χ1v) is 12.6. The molecule has 0 bridgehead atoms. The van der Waals surface area contributed by atoms with Gasteiger partial charge in [-0.25, -0.2) is 17.4 Å². The van der Waals surface area contributed by atoms with Gasteiger partial charge in [0.25, 0.3) is 10.0 Å². The van der Waals surface area contributed by atoms with Crippen molar-refractivity contribution >= 4 is 32.4 Å². The number of rotatable bonds is 8. The summed E-state index contributed by atoms with van der Waals surface area (Å²) < 4.78 is 27.5. The molecule has 1 aliphatic carbocycles. The molecule has 2 fully saturated rings. The number of aromatic nitrogens is 2. The van der Waals surface area contributed by atoms with E-state index in [0.717, 1.165) is 49.1 Å². The zero-order chi connectivity index (χ0) is 23.9. The van der Waals surface area contributed by atoms with Crippen LogP contribution >= 0.6 is 0 Å². The Morgan fingerprint density at radius 3 is 2.71 bits per heavy atom. The van der Waals surface area contributed by atoms with Crippen molar-refractivity contribution in [3.63, 3.8) is 0 Å². The van der Waals surface area contributed by atoms with Gasteiger partial charge in [-0.1, -0.05) is 18.2 Å². The number of pyridine rings is 1. The van der Waals surface area contributed by atoms with Crippen LogP contribution in [0.4, 0.5) is 11.4 Å².